The molecule has 0 aliphatic carbocycles. The van der Waals surface area contributed by atoms with Crippen LogP contribution in [0.25, 0.3) is 10.4 Å². The topological polar surface area (TPSA) is 178 Å². The van der Waals surface area contributed by atoms with Gasteiger partial charge in [-0.1, -0.05) is 27.2 Å². The third kappa shape index (κ3) is 19.2. The molecule has 1 aromatic rings. The number of nitrogens with one attached hydrogen (secondary N) is 1. The van der Waals surface area contributed by atoms with Crippen molar-refractivity contribution in [2.45, 2.75) is 24.2 Å². The molecular weight excluding hydrogens is 532 g/mol. The van der Waals surface area contributed by atoms with Crippen molar-refractivity contribution >= 4 is 21.8 Å². The fourth-order valence-electron chi connectivity index (χ4n) is 3.26. The molecule has 0 atom stereocenters. The smallest absolute Gasteiger partial charge is 0.303 e. The van der Waals surface area contributed by atoms with Gasteiger partial charge in [0, 0.05) is 35.1 Å². The Hall–Kier alpha value is -2.58. The van der Waals surface area contributed by atoms with Gasteiger partial charge in [-0.05, 0) is 35.9 Å². The zero-order chi connectivity index (χ0) is 28.6. The van der Waals surface area contributed by atoms with Crippen molar-refractivity contribution in [3.8, 4) is 0 Å². The molecule has 1 aromatic carbocycles. The highest BCUT2D eigenvalue weighted by atomic mass is 32.2. The Morgan fingerprint density at radius 2 is 1.51 bits per heavy atom. The van der Waals surface area contributed by atoms with Crippen LogP contribution in [0.4, 0.5) is 0 Å². The third-order valence-electron chi connectivity index (χ3n) is 5.25. The lowest BCUT2D eigenvalue weighted by atomic mass is 10.1. The second-order valence-electron chi connectivity index (χ2n) is 8.53. The lowest BCUT2D eigenvalue weighted by Gasteiger charge is -2.19. The highest BCUT2D eigenvalue weighted by Gasteiger charge is 2.14. The molecule has 0 saturated heterocycles. The van der Waals surface area contributed by atoms with E-state index in [1.54, 1.807) is 30.5 Å². The minimum atomic E-state index is -2.68. The molecule has 1 rings (SSSR count). The van der Waals surface area contributed by atoms with Gasteiger partial charge < -0.3 is 34.1 Å². The normalized spacial score (nSPS) is 11.6. The summed E-state index contributed by atoms with van der Waals surface area (Å²) in [7, 11) is -2.68. The summed E-state index contributed by atoms with van der Waals surface area (Å²) in [5.41, 5.74) is 8.88. The van der Waals surface area contributed by atoms with E-state index in [9.17, 15) is 13.8 Å². The molecule has 2 N–H and O–H groups in total. The Kier molecular flexibility index (Phi) is 19.7. The van der Waals surface area contributed by atoms with E-state index in [0.29, 0.717) is 96.2 Å². The largest absolute Gasteiger partial charge is 0.481 e. The number of nitrogens with zero attached hydrogens (tertiary/aromatic N) is 3. The van der Waals surface area contributed by atoms with Crippen LogP contribution in [0.15, 0.2) is 34.3 Å². The van der Waals surface area contributed by atoms with Gasteiger partial charge in [0.05, 0.1) is 72.5 Å². The summed E-state index contributed by atoms with van der Waals surface area (Å²) < 4.78 is 39.8. The summed E-state index contributed by atoms with van der Waals surface area (Å²) in [5.74, 6) is -0.749. The molecule has 0 bridgehead atoms. The Morgan fingerprint density at radius 1 is 0.949 bits per heavy atom. The van der Waals surface area contributed by atoms with E-state index in [1.807, 2.05) is 0 Å². The molecule has 13 nitrogen and oxygen atoms in total. The summed E-state index contributed by atoms with van der Waals surface area (Å²) in [4.78, 5) is 26.2. The molecular formula is C25H42N4O9S. The molecule has 0 radical (unpaired) electrons. The maximum atomic E-state index is 13.0. The van der Waals surface area contributed by atoms with Crippen molar-refractivity contribution < 1.29 is 42.6 Å². The molecule has 39 heavy (non-hydrogen) atoms. The third-order valence-corrected chi connectivity index (χ3v) is 7.79. The molecule has 1 amide bonds. The van der Waals surface area contributed by atoms with Crippen LogP contribution in [-0.4, -0.2) is 112 Å². The number of azide groups is 1. The van der Waals surface area contributed by atoms with Gasteiger partial charge >= 0.3 is 5.97 Å². The monoisotopic (exact) mass is 574 g/mol. The average molecular weight is 575 g/mol. The van der Waals surface area contributed by atoms with Gasteiger partial charge in [0.2, 0.25) is 5.91 Å². The van der Waals surface area contributed by atoms with Gasteiger partial charge in [-0.3, -0.25) is 13.8 Å². The molecule has 0 aliphatic rings. The summed E-state index contributed by atoms with van der Waals surface area (Å²) in [6, 6.07) is 7.09. The highest BCUT2D eigenvalue weighted by Crippen LogP contribution is 2.20. The number of thiol groups is 1. The van der Waals surface area contributed by atoms with Gasteiger partial charge in [-0.25, -0.2) is 0 Å². The van der Waals surface area contributed by atoms with Crippen molar-refractivity contribution in [1.82, 2.24) is 5.32 Å². The zero-order valence-electron chi connectivity index (χ0n) is 22.6. The van der Waals surface area contributed by atoms with Crippen molar-refractivity contribution in [3.63, 3.8) is 0 Å². The second-order valence-corrected chi connectivity index (χ2v) is 11.7. The van der Waals surface area contributed by atoms with Crippen LogP contribution in [-0.2, 0) is 49.6 Å². The second kappa shape index (κ2) is 22.3. The first kappa shape index (κ1) is 34.4. The summed E-state index contributed by atoms with van der Waals surface area (Å²) in [6.45, 7) is 4.88. The molecule has 14 heteroatoms. The summed E-state index contributed by atoms with van der Waals surface area (Å²) in [5, 5.41) is 14.9. The van der Waals surface area contributed by atoms with Crippen LogP contribution < -0.4 is 5.32 Å². The van der Waals surface area contributed by atoms with Crippen LogP contribution in [0.5, 0.6) is 0 Å². The molecule has 0 saturated carbocycles. The minimum absolute atomic E-state index is 0.0135. The number of benzene rings is 1. The van der Waals surface area contributed by atoms with Gasteiger partial charge in [0.1, 0.15) is 0 Å². The molecule has 0 aromatic heterocycles. The number of carbonyl (C=O) groups is 2. The Balaban J connectivity index is 2.00. The van der Waals surface area contributed by atoms with Gasteiger partial charge in [0.25, 0.3) is 0 Å². The fourth-order valence-corrected chi connectivity index (χ4v) is 5.12. The number of rotatable bonds is 25. The van der Waals surface area contributed by atoms with Crippen LogP contribution in [0.1, 0.15) is 18.4 Å². The van der Waals surface area contributed by atoms with E-state index in [4.69, 9.17) is 34.3 Å². The number of aliphatic carboxylic acids is 1. The molecule has 0 fully saturated rings. The summed E-state index contributed by atoms with van der Waals surface area (Å²) in [6.07, 6.45) is 2.14. The summed E-state index contributed by atoms with van der Waals surface area (Å²) >= 11 is 0. The lowest BCUT2D eigenvalue weighted by Crippen LogP contribution is -2.29. The average Bonchev–Trinajstić information content (AvgIpc) is 2.90. The maximum Gasteiger partial charge on any atom is 0.303 e. The zero-order valence-corrected chi connectivity index (χ0v) is 23.5. The van der Waals surface area contributed by atoms with Crippen molar-refractivity contribution in [1.29, 1.82) is 0 Å². The number of hydrogen-bond donors (Lipinski definition) is 3. The van der Waals surface area contributed by atoms with E-state index in [1.165, 1.54) is 0 Å². The van der Waals surface area contributed by atoms with Gasteiger partial charge in [0.15, 0.2) is 0 Å². The predicted octanol–water partition coefficient (Wildman–Crippen LogP) is 1.61. The van der Waals surface area contributed by atoms with Crippen LogP contribution in [0.2, 0.25) is 0 Å². The number of ether oxygens (including phenoxy) is 5. The quantitative estimate of drug-likeness (QED) is 0.0514. The number of amides is 1. The first-order valence-corrected chi connectivity index (χ1v) is 15.2. The van der Waals surface area contributed by atoms with E-state index in [-0.39, 0.29) is 18.7 Å². The number of carbonyl (C=O) groups excluding carboxylic acids is 1. The maximum absolute atomic E-state index is 13.0. The van der Waals surface area contributed by atoms with E-state index >= 15 is 0 Å². The molecule has 222 valence electrons. The molecule has 0 heterocycles. The standard InChI is InChI=1S/C25H42N4O9S/c1-39(33,19-3-6-25(31)32)23-5-2-4-22(20-23)21-24(30)27-7-9-34-11-13-36-15-17-38-18-16-37-14-12-35-10-8-28-29-26/h2,4-5,20,39H,3,6-19,21H2,1H3,(H,27,30)(H,31,32). The minimum Gasteiger partial charge on any atom is -0.481 e. The van der Waals surface area contributed by atoms with Crippen LogP contribution in [0.3, 0.4) is 0 Å². The van der Waals surface area contributed by atoms with E-state index in [0.717, 1.165) is 5.56 Å². The van der Waals surface area contributed by atoms with Crippen LogP contribution >= 0.6 is 0 Å². The van der Waals surface area contributed by atoms with E-state index in [2.05, 4.69) is 15.3 Å². The molecule has 0 unspecified atom stereocenters. The van der Waals surface area contributed by atoms with Crippen molar-refractivity contribution in [3.05, 3.63) is 40.3 Å². The Labute approximate surface area is 230 Å². The van der Waals surface area contributed by atoms with Crippen molar-refractivity contribution in [2.24, 2.45) is 5.11 Å². The lowest BCUT2D eigenvalue weighted by molar-refractivity contribution is -0.137. The van der Waals surface area contributed by atoms with Crippen LogP contribution in [0, 0.1) is 0 Å². The highest BCUT2D eigenvalue weighted by molar-refractivity contribution is 8.02. The van der Waals surface area contributed by atoms with E-state index < -0.39 is 15.9 Å². The predicted molar refractivity (Wildman–Crippen MR) is 147 cm³/mol. The Bertz CT molecular complexity index is 929. The number of carboxylic acid groups (broad SMARTS) is 1. The first-order valence-electron chi connectivity index (χ1n) is 12.9. The SMILES string of the molecule is C[SH](=O)(CCCC(=O)O)c1cccc(CC(=O)NCCOCCOCCOCCOCCOCCN=[N+]=[N-])c1. The Morgan fingerprint density at radius 3 is 2.08 bits per heavy atom. The number of hydrogen-bond acceptors (Lipinski definition) is 9. The van der Waals surface area contributed by atoms with Gasteiger partial charge in [-0.2, -0.15) is 0 Å². The molecule has 0 aliphatic heterocycles. The molecule has 0 spiro atoms. The van der Waals surface area contributed by atoms with Crippen molar-refractivity contribution in [2.75, 3.05) is 91.2 Å². The number of carboxylic acids is 1. The van der Waals surface area contributed by atoms with Gasteiger partial charge in [-0.15, -0.1) is 0 Å². The fraction of sp³-hybridized carbons (Fsp3) is 0.680. The first-order chi connectivity index (χ1) is 18.8.